The van der Waals surface area contributed by atoms with Gasteiger partial charge >= 0.3 is 0 Å². The van der Waals surface area contributed by atoms with E-state index in [2.05, 4.69) is 93.6 Å². The van der Waals surface area contributed by atoms with Crippen molar-refractivity contribution < 1.29 is 4.57 Å². The second-order valence-electron chi connectivity index (χ2n) is 15.6. The molecule has 0 aromatic heterocycles. The van der Waals surface area contributed by atoms with Crippen molar-refractivity contribution in [3.63, 3.8) is 0 Å². The van der Waals surface area contributed by atoms with Crippen molar-refractivity contribution in [2.45, 2.75) is 200 Å². The van der Waals surface area contributed by atoms with E-state index in [1.807, 2.05) is 0 Å². The molecule has 0 saturated carbocycles. The lowest BCUT2D eigenvalue weighted by atomic mass is 9.90. The third-order valence-electron chi connectivity index (χ3n) is 11.1. The highest BCUT2D eigenvalue weighted by Crippen LogP contribution is 2.48. The molecule has 284 valence electrons. The fraction of sp³-hybridized carbons (Fsp3) is 0.633. The third-order valence-corrected chi connectivity index (χ3v) is 14.2. The van der Waals surface area contributed by atoms with Gasteiger partial charge in [-0.15, -0.1) is 0 Å². The Morgan fingerprint density at radius 3 is 1.06 bits per heavy atom. The van der Waals surface area contributed by atoms with Crippen molar-refractivity contribution in [1.29, 1.82) is 0 Å². The Morgan fingerprint density at radius 2 is 0.706 bits per heavy atom. The summed E-state index contributed by atoms with van der Waals surface area (Å²) in [6, 6.07) is 26.0. The first kappa shape index (κ1) is 43.3. The lowest BCUT2D eigenvalue weighted by Crippen LogP contribution is -2.19. The molecule has 0 radical (unpaired) electrons. The van der Waals surface area contributed by atoms with Crippen LogP contribution >= 0.6 is 7.14 Å². The average molecular weight is 713 g/mol. The molecule has 0 aliphatic heterocycles. The molecule has 3 rings (SSSR count). The van der Waals surface area contributed by atoms with Crippen LogP contribution in [0.4, 0.5) is 0 Å². The second kappa shape index (κ2) is 27.5. The number of hydrogen-bond acceptors (Lipinski definition) is 1. The van der Waals surface area contributed by atoms with Gasteiger partial charge in [0, 0.05) is 16.8 Å². The van der Waals surface area contributed by atoms with Gasteiger partial charge in [-0.2, -0.15) is 0 Å². The van der Waals surface area contributed by atoms with Gasteiger partial charge in [-0.1, -0.05) is 228 Å². The quantitative estimate of drug-likeness (QED) is 0.0479. The molecule has 2 heteroatoms. The predicted molar refractivity (Wildman–Crippen MR) is 229 cm³/mol. The summed E-state index contributed by atoms with van der Waals surface area (Å²) in [6.07, 6.45) is 36.4. The highest BCUT2D eigenvalue weighted by Gasteiger charge is 2.30. The van der Waals surface area contributed by atoms with Crippen molar-refractivity contribution in [1.82, 2.24) is 0 Å². The summed E-state index contributed by atoms with van der Waals surface area (Å²) in [5.74, 6) is 0. The molecular formula is C49H77OP. The van der Waals surface area contributed by atoms with Gasteiger partial charge in [0.1, 0.15) is 7.14 Å². The van der Waals surface area contributed by atoms with Gasteiger partial charge in [0.25, 0.3) is 0 Å². The minimum Gasteiger partial charge on any atom is -0.313 e. The number of aryl methyl sites for hydroxylation is 3. The lowest BCUT2D eigenvalue weighted by molar-refractivity contribution is 0.571. The largest absolute Gasteiger partial charge is 0.313 e. The molecule has 0 N–H and O–H groups in total. The average Bonchev–Trinajstić information content (AvgIpc) is 3.16. The van der Waals surface area contributed by atoms with Crippen molar-refractivity contribution in [3.05, 3.63) is 95.1 Å². The van der Waals surface area contributed by atoms with Crippen LogP contribution in [-0.2, 0) is 30.0 Å². The molecule has 1 nitrogen and oxygen atoms in total. The topological polar surface area (TPSA) is 17.1 Å². The van der Waals surface area contributed by atoms with Crippen molar-refractivity contribution in [2.24, 2.45) is 0 Å². The van der Waals surface area contributed by atoms with Crippen LogP contribution in [-0.4, -0.2) is 0 Å². The maximum Gasteiger partial charge on any atom is 0.147 e. The van der Waals surface area contributed by atoms with Crippen LogP contribution in [0.2, 0.25) is 0 Å². The second-order valence-corrected chi connectivity index (χ2v) is 18.5. The normalized spacial score (nSPS) is 11.7. The van der Waals surface area contributed by atoms with E-state index in [1.165, 1.54) is 183 Å². The molecule has 0 fully saturated rings. The van der Waals surface area contributed by atoms with Crippen LogP contribution < -0.4 is 10.6 Å². The number of benzene rings is 3. The van der Waals surface area contributed by atoms with Crippen molar-refractivity contribution in [2.75, 3.05) is 0 Å². The summed E-state index contributed by atoms with van der Waals surface area (Å²) < 4.78 is 15.5. The van der Waals surface area contributed by atoms with Gasteiger partial charge < -0.3 is 4.57 Å². The van der Waals surface area contributed by atoms with E-state index in [0.29, 0.717) is 6.16 Å². The molecule has 0 amide bonds. The zero-order chi connectivity index (χ0) is 36.2. The van der Waals surface area contributed by atoms with Crippen LogP contribution in [0.25, 0.3) is 0 Å². The summed E-state index contributed by atoms with van der Waals surface area (Å²) in [5, 5.41) is 1.99. The maximum absolute atomic E-state index is 15.5. The molecule has 0 atom stereocenters. The zero-order valence-electron chi connectivity index (χ0n) is 33.6. The first-order valence-corrected chi connectivity index (χ1v) is 23.8. The molecule has 0 bridgehead atoms. The molecule has 0 aliphatic carbocycles. The summed E-state index contributed by atoms with van der Waals surface area (Å²) in [4.78, 5) is 0. The van der Waals surface area contributed by atoms with Crippen LogP contribution in [0.15, 0.2) is 72.8 Å². The van der Waals surface area contributed by atoms with Gasteiger partial charge in [-0.25, -0.2) is 0 Å². The first-order chi connectivity index (χ1) is 25.1. The first-order valence-electron chi connectivity index (χ1n) is 22.0. The minimum atomic E-state index is -2.88. The molecule has 3 aromatic carbocycles. The maximum atomic E-state index is 15.5. The summed E-state index contributed by atoms with van der Waals surface area (Å²) >= 11 is 0. The summed E-state index contributed by atoms with van der Waals surface area (Å²) in [6.45, 7) is 6.91. The standard InChI is InChI=1S/C49H77OP/c1-4-7-10-13-16-19-22-27-34-44-41-45(35-28-23-20-17-14-11-8-5-2)49(46(42-44)36-29-24-21-18-15-12-9-6-3)43-51(50,47-37-30-25-31-38-47)48-39-32-26-33-40-48/h25-26,30-33,37-42H,4-24,27-29,34-36,43H2,1-3H3. The lowest BCUT2D eigenvalue weighted by Gasteiger charge is -2.24. The monoisotopic (exact) mass is 713 g/mol. The molecular weight excluding hydrogens is 636 g/mol. The summed E-state index contributed by atoms with van der Waals surface area (Å²) in [5.41, 5.74) is 5.94. The molecule has 0 unspecified atom stereocenters. The number of unbranched alkanes of at least 4 members (excludes halogenated alkanes) is 21. The molecule has 0 aliphatic rings. The van der Waals surface area contributed by atoms with E-state index in [1.54, 1.807) is 0 Å². The van der Waals surface area contributed by atoms with Gasteiger partial charge in [0.15, 0.2) is 0 Å². The van der Waals surface area contributed by atoms with Gasteiger partial charge in [0.05, 0.1) is 0 Å². The van der Waals surface area contributed by atoms with Gasteiger partial charge in [-0.3, -0.25) is 0 Å². The fourth-order valence-electron chi connectivity index (χ4n) is 7.92. The van der Waals surface area contributed by atoms with Gasteiger partial charge in [0.2, 0.25) is 0 Å². The molecule has 3 aromatic rings. The van der Waals surface area contributed by atoms with Gasteiger partial charge in [-0.05, 0) is 60.8 Å². The highest BCUT2D eigenvalue weighted by atomic mass is 31.2. The number of rotatable bonds is 31. The van der Waals surface area contributed by atoms with E-state index in [0.717, 1.165) is 23.5 Å². The molecule has 0 heterocycles. The smallest absolute Gasteiger partial charge is 0.147 e. The molecule has 51 heavy (non-hydrogen) atoms. The van der Waals surface area contributed by atoms with E-state index in [4.69, 9.17) is 0 Å². The predicted octanol–water partition coefficient (Wildman–Crippen LogP) is 15.3. The Morgan fingerprint density at radius 1 is 0.392 bits per heavy atom. The van der Waals surface area contributed by atoms with E-state index >= 15 is 4.57 Å². The highest BCUT2D eigenvalue weighted by molar-refractivity contribution is 7.78. The van der Waals surface area contributed by atoms with E-state index in [-0.39, 0.29) is 0 Å². The Balaban J connectivity index is 1.87. The van der Waals surface area contributed by atoms with Crippen LogP contribution in [0.1, 0.15) is 197 Å². The SMILES string of the molecule is CCCCCCCCCCc1cc(CCCCCCCCCC)c(CP(=O)(c2ccccc2)c2ccccc2)c(CCCCCCCCCC)c1. The zero-order valence-corrected chi connectivity index (χ0v) is 34.5. The Hall–Kier alpha value is -2.11. The Labute approximate surface area is 316 Å². The van der Waals surface area contributed by atoms with Crippen LogP contribution in [0.3, 0.4) is 0 Å². The Bertz CT molecular complexity index is 1230. The minimum absolute atomic E-state index is 0.637. The third kappa shape index (κ3) is 17.1. The van der Waals surface area contributed by atoms with Crippen LogP contribution in [0.5, 0.6) is 0 Å². The van der Waals surface area contributed by atoms with Crippen LogP contribution in [0, 0.1) is 0 Å². The van der Waals surface area contributed by atoms with Crippen molar-refractivity contribution in [3.8, 4) is 0 Å². The molecule has 0 spiro atoms. The summed E-state index contributed by atoms with van der Waals surface area (Å²) in [7, 11) is -2.88. The fourth-order valence-corrected chi connectivity index (χ4v) is 10.7. The number of hydrogen-bond donors (Lipinski definition) is 0. The van der Waals surface area contributed by atoms with E-state index in [9.17, 15) is 0 Å². The Kier molecular flexibility index (Phi) is 23.3. The molecule has 0 saturated heterocycles. The van der Waals surface area contributed by atoms with E-state index < -0.39 is 7.14 Å². The van der Waals surface area contributed by atoms with Crippen molar-refractivity contribution >= 4 is 17.8 Å².